The molecular formula is C24H29ClN4O4. The Morgan fingerprint density at radius 3 is 2.73 bits per heavy atom. The molecule has 9 heteroatoms. The number of carboxylic acids is 1. The molecule has 3 saturated carbocycles. The van der Waals surface area contributed by atoms with E-state index in [1.807, 2.05) is 0 Å². The first-order chi connectivity index (χ1) is 15.6. The average Bonchev–Trinajstić information content (AvgIpc) is 2.78. The van der Waals surface area contributed by atoms with Crippen LogP contribution < -0.4 is 16.2 Å². The fourth-order valence-electron chi connectivity index (χ4n) is 5.43. The van der Waals surface area contributed by atoms with Crippen LogP contribution in [0.25, 0.3) is 0 Å². The fourth-order valence-corrected chi connectivity index (χ4v) is 5.63. The SMILES string of the molecule is C[C@@H]1[C@H]2C[C@@H](C[C@H]1Nc1cnn(CC(=O)NCc3cccc(C(=O)O)c3)c(=O)c1Cl)C2(C)C. The van der Waals surface area contributed by atoms with Crippen molar-refractivity contribution in [2.45, 2.75) is 52.7 Å². The number of nitrogens with zero attached hydrogens (tertiary/aromatic N) is 2. The Bertz CT molecular complexity index is 1150. The molecule has 2 aromatic rings. The van der Waals surface area contributed by atoms with Gasteiger partial charge in [-0.25, -0.2) is 9.48 Å². The molecule has 1 aromatic heterocycles. The van der Waals surface area contributed by atoms with E-state index in [0.29, 0.717) is 34.4 Å². The minimum Gasteiger partial charge on any atom is -0.478 e. The van der Waals surface area contributed by atoms with Crippen molar-refractivity contribution in [3.63, 3.8) is 0 Å². The van der Waals surface area contributed by atoms with Crippen molar-refractivity contribution in [3.8, 4) is 0 Å². The number of carbonyl (C=O) groups is 2. The summed E-state index contributed by atoms with van der Waals surface area (Å²) < 4.78 is 1.03. The summed E-state index contributed by atoms with van der Waals surface area (Å²) in [6.45, 7) is 6.78. The van der Waals surface area contributed by atoms with E-state index in [2.05, 4.69) is 36.5 Å². The van der Waals surface area contributed by atoms with Crippen molar-refractivity contribution in [1.29, 1.82) is 0 Å². The number of carbonyl (C=O) groups excluding carboxylic acids is 1. The standard InChI is InChI=1S/C24H29ClN4O4/c1-13-17-8-16(24(17,2)3)9-18(13)28-19-11-27-29(22(31)21(19)25)12-20(30)26-10-14-5-4-6-15(7-14)23(32)33/h4-7,11,13,16-18,28H,8-10,12H2,1-3H3,(H,26,30)(H,32,33)/t13-,16+,17-,18-/m1/s1. The number of amides is 1. The first-order valence-corrected chi connectivity index (χ1v) is 11.6. The fraction of sp³-hybridized carbons (Fsp3) is 0.500. The van der Waals surface area contributed by atoms with Crippen LogP contribution in [0.1, 0.15) is 49.5 Å². The highest BCUT2D eigenvalue weighted by atomic mass is 35.5. The van der Waals surface area contributed by atoms with Crippen molar-refractivity contribution in [2.75, 3.05) is 5.32 Å². The maximum atomic E-state index is 12.7. The third kappa shape index (κ3) is 4.49. The molecule has 1 aromatic carbocycles. The van der Waals surface area contributed by atoms with Crippen LogP contribution in [-0.4, -0.2) is 32.8 Å². The normalized spacial score (nSPS) is 25.1. The summed E-state index contributed by atoms with van der Waals surface area (Å²) in [7, 11) is 0. The maximum absolute atomic E-state index is 12.7. The second-order valence-electron chi connectivity index (χ2n) is 9.82. The zero-order valence-corrected chi connectivity index (χ0v) is 19.7. The van der Waals surface area contributed by atoms with Gasteiger partial charge < -0.3 is 15.7 Å². The molecule has 0 spiro atoms. The highest BCUT2D eigenvalue weighted by Gasteiger charge is 2.56. The predicted octanol–water partition coefficient (Wildman–Crippen LogP) is 3.39. The second kappa shape index (κ2) is 8.82. The lowest BCUT2D eigenvalue weighted by molar-refractivity contribution is -0.122. The van der Waals surface area contributed by atoms with Crippen LogP contribution in [0.3, 0.4) is 0 Å². The molecule has 5 rings (SSSR count). The van der Waals surface area contributed by atoms with Crippen molar-refractivity contribution < 1.29 is 14.7 Å². The third-order valence-corrected chi connectivity index (χ3v) is 8.00. The molecule has 0 radical (unpaired) electrons. The average molecular weight is 473 g/mol. The molecule has 3 N–H and O–H groups in total. The van der Waals surface area contributed by atoms with E-state index in [1.54, 1.807) is 12.1 Å². The highest BCUT2D eigenvalue weighted by molar-refractivity contribution is 6.32. The molecule has 8 nitrogen and oxygen atoms in total. The number of nitrogens with one attached hydrogen (secondary N) is 2. The van der Waals surface area contributed by atoms with Gasteiger partial charge in [0.1, 0.15) is 11.6 Å². The predicted molar refractivity (Wildman–Crippen MR) is 125 cm³/mol. The van der Waals surface area contributed by atoms with Crippen molar-refractivity contribution in [3.05, 3.63) is 57.0 Å². The number of aromatic carboxylic acids is 1. The number of carboxylic acid groups (broad SMARTS) is 1. The maximum Gasteiger partial charge on any atom is 0.335 e. The quantitative estimate of drug-likeness (QED) is 0.569. The third-order valence-electron chi connectivity index (χ3n) is 7.64. The Morgan fingerprint density at radius 2 is 2.06 bits per heavy atom. The van der Waals surface area contributed by atoms with Crippen molar-refractivity contribution in [2.24, 2.45) is 23.2 Å². The van der Waals surface area contributed by atoms with E-state index in [9.17, 15) is 14.4 Å². The molecule has 176 valence electrons. The summed E-state index contributed by atoms with van der Waals surface area (Å²) in [6.07, 6.45) is 3.80. The summed E-state index contributed by atoms with van der Waals surface area (Å²) in [6, 6.07) is 6.53. The summed E-state index contributed by atoms with van der Waals surface area (Å²) in [4.78, 5) is 36.1. The molecule has 33 heavy (non-hydrogen) atoms. The van der Waals surface area contributed by atoms with E-state index in [0.717, 1.165) is 11.1 Å². The van der Waals surface area contributed by atoms with Crippen molar-refractivity contribution in [1.82, 2.24) is 15.1 Å². The summed E-state index contributed by atoms with van der Waals surface area (Å²) in [5.74, 6) is 0.328. The lowest BCUT2D eigenvalue weighted by Gasteiger charge is -2.62. The molecule has 1 heterocycles. The Morgan fingerprint density at radius 1 is 1.30 bits per heavy atom. The van der Waals surface area contributed by atoms with Crippen LogP contribution >= 0.6 is 11.6 Å². The Kier molecular flexibility index (Phi) is 6.22. The monoisotopic (exact) mass is 472 g/mol. The van der Waals surface area contributed by atoms with Gasteiger partial charge >= 0.3 is 5.97 Å². The first kappa shape index (κ1) is 23.3. The number of benzene rings is 1. The van der Waals surface area contributed by atoms with Gasteiger partial charge in [0, 0.05) is 12.6 Å². The van der Waals surface area contributed by atoms with Gasteiger partial charge in [-0.3, -0.25) is 9.59 Å². The molecule has 3 fully saturated rings. The highest BCUT2D eigenvalue weighted by Crippen LogP contribution is 2.61. The van der Waals surface area contributed by atoms with E-state index in [1.165, 1.54) is 24.8 Å². The molecule has 2 bridgehead atoms. The molecule has 0 aliphatic heterocycles. The largest absolute Gasteiger partial charge is 0.478 e. The van der Waals surface area contributed by atoms with Gasteiger partial charge in [0.2, 0.25) is 5.91 Å². The molecule has 3 aliphatic rings. The van der Waals surface area contributed by atoms with Crippen LogP contribution in [0.4, 0.5) is 5.69 Å². The van der Waals surface area contributed by atoms with Crippen molar-refractivity contribution >= 4 is 29.2 Å². The van der Waals surface area contributed by atoms with Crippen LogP contribution in [0, 0.1) is 23.2 Å². The topological polar surface area (TPSA) is 113 Å². The van der Waals surface area contributed by atoms with Gasteiger partial charge in [0.25, 0.3) is 5.56 Å². The molecule has 0 saturated heterocycles. The number of anilines is 1. The van der Waals surface area contributed by atoms with E-state index >= 15 is 0 Å². The lowest BCUT2D eigenvalue weighted by Crippen LogP contribution is -2.58. The van der Waals surface area contributed by atoms with Crippen LogP contribution in [-0.2, 0) is 17.9 Å². The smallest absolute Gasteiger partial charge is 0.335 e. The van der Waals surface area contributed by atoms with Crippen LogP contribution in [0.15, 0.2) is 35.3 Å². The zero-order valence-electron chi connectivity index (χ0n) is 19.0. The summed E-state index contributed by atoms with van der Waals surface area (Å²) in [5.41, 5.74) is 1.12. The molecule has 3 aliphatic carbocycles. The van der Waals surface area contributed by atoms with Gasteiger partial charge in [0.15, 0.2) is 0 Å². The van der Waals surface area contributed by atoms with Gasteiger partial charge in [-0.15, -0.1) is 0 Å². The number of halogens is 1. The van der Waals surface area contributed by atoms with Gasteiger partial charge in [-0.2, -0.15) is 5.10 Å². The molecule has 0 unspecified atom stereocenters. The Hall–Kier alpha value is -2.87. The minimum atomic E-state index is -1.04. The first-order valence-electron chi connectivity index (χ1n) is 11.2. The molecular weight excluding hydrogens is 444 g/mol. The number of rotatable bonds is 7. The Labute approximate surface area is 197 Å². The van der Waals surface area contributed by atoms with Gasteiger partial charge in [-0.05, 0) is 53.7 Å². The van der Waals surface area contributed by atoms with Gasteiger partial charge in [0.05, 0.1) is 17.4 Å². The number of hydrogen-bond acceptors (Lipinski definition) is 5. The lowest BCUT2D eigenvalue weighted by atomic mass is 9.45. The molecule has 4 atom stereocenters. The van der Waals surface area contributed by atoms with Crippen LogP contribution in [0.2, 0.25) is 5.02 Å². The Balaban J connectivity index is 1.37. The number of aromatic nitrogens is 2. The second-order valence-corrected chi connectivity index (χ2v) is 10.2. The number of hydrogen-bond donors (Lipinski definition) is 3. The summed E-state index contributed by atoms with van der Waals surface area (Å²) >= 11 is 6.35. The van der Waals surface area contributed by atoms with Crippen LogP contribution in [0.5, 0.6) is 0 Å². The van der Waals surface area contributed by atoms with E-state index < -0.39 is 17.4 Å². The van der Waals surface area contributed by atoms with E-state index in [-0.39, 0.29) is 29.7 Å². The molecule has 1 amide bonds. The van der Waals surface area contributed by atoms with Gasteiger partial charge in [-0.1, -0.05) is 44.5 Å². The summed E-state index contributed by atoms with van der Waals surface area (Å²) in [5, 5.41) is 19.3. The minimum absolute atomic E-state index is 0.0256. The van der Waals surface area contributed by atoms with E-state index in [4.69, 9.17) is 16.7 Å². The number of fused-ring (bicyclic) bond motifs is 2. The zero-order chi connectivity index (χ0) is 23.9.